The number of fused-ring (bicyclic) bond motifs is 1. The number of para-hydroxylation sites is 1. The predicted molar refractivity (Wildman–Crippen MR) is 90.8 cm³/mol. The number of pyridine rings is 1. The van der Waals surface area contributed by atoms with Crippen molar-refractivity contribution in [3.05, 3.63) is 59.9 Å². The van der Waals surface area contributed by atoms with E-state index in [1.807, 2.05) is 42.5 Å². The third-order valence-corrected chi connectivity index (χ3v) is 4.32. The molecule has 0 bridgehead atoms. The van der Waals surface area contributed by atoms with E-state index in [-0.39, 0.29) is 24.3 Å². The molecule has 0 spiro atoms. The van der Waals surface area contributed by atoms with Crippen molar-refractivity contribution in [2.24, 2.45) is 5.92 Å². The third-order valence-electron chi connectivity index (χ3n) is 4.32. The van der Waals surface area contributed by atoms with Crippen LogP contribution in [0.1, 0.15) is 23.6 Å². The lowest BCUT2D eigenvalue weighted by molar-refractivity contribution is -0.123. The molecule has 1 aromatic carbocycles. The highest BCUT2D eigenvalue weighted by molar-refractivity contribution is 5.84. The largest absolute Gasteiger partial charge is 0.493 e. The van der Waals surface area contributed by atoms with Crippen LogP contribution in [0.4, 0.5) is 0 Å². The van der Waals surface area contributed by atoms with Gasteiger partial charge in [-0.3, -0.25) is 9.78 Å². The maximum Gasteiger partial charge on any atom is 0.227 e. The molecule has 24 heavy (non-hydrogen) atoms. The second kappa shape index (κ2) is 7.93. The average Bonchev–Trinajstić information content (AvgIpc) is 2.65. The highest BCUT2D eigenvalue weighted by Crippen LogP contribution is 2.33. The van der Waals surface area contributed by atoms with Gasteiger partial charge in [-0.2, -0.15) is 0 Å². The van der Waals surface area contributed by atoms with E-state index in [0.29, 0.717) is 26.0 Å². The molecule has 0 saturated heterocycles. The number of benzene rings is 1. The first-order valence-corrected chi connectivity index (χ1v) is 8.28. The number of nitrogens with one attached hydrogen (secondary N) is 1. The number of nitrogens with zero attached hydrogens (tertiary/aromatic N) is 1. The second-order valence-electron chi connectivity index (χ2n) is 6.05. The fourth-order valence-corrected chi connectivity index (χ4v) is 3.00. The fourth-order valence-electron chi connectivity index (χ4n) is 3.00. The number of ether oxygens (including phenoxy) is 1. The standard InChI is InChI=1S/C19H22N2O3/c22-13-14(11-15-5-3-4-9-20-15)12-21-19(23)17-8-10-24-18-7-2-1-6-16(17)18/h1-7,9,14,17,22H,8,10-13H2,(H,21,23). The molecule has 5 nitrogen and oxygen atoms in total. The van der Waals surface area contributed by atoms with Crippen LogP contribution >= 0.6 is 0 Å². The van der Waals surface area contributed by atoms with E-state index in [2.05, 4.69) is 10.3 Å². The molecule has 0 aliphatic carbocycles. The zero-order valence-corrected chi connectivity index (χ0v) is 13.5. The van der Waals surface area contributed by atoms with Crippen molar-refractivity contribution in [3.8, 4) is 5.75 Å². The normalized spacial score (nSPS) is 17.5. The highest BCUT2D eigenvalue weighted by atomic mass is 16.5. The minimum absolute atomic E-state index is 0.00905. The van der Waals surface area contributed by atoms with Crippen molar-refractivity contribution in [1.29, 1.82) is 0 Å². The van der Waals surface area contributed by atoms with Gasteiger partial charge in [0.2, 0.25) is 5.91 Å². The molecule has 1 aromatic heterocycles. The fraction of sp³-hybridized carbons (Fsp3) is 0.368. The summed E-state index contributed by atoms with van der Waals surface area (Å²) in [6.07, 6.45) is 3.05. The van der Waals surface area contributed by atoms with Gasteiger partial charge >= 0.3 is 0 Å². The molecule has 0 fully saturated rings. The molecule has 1 amide bonds. The number of amides is 1. The quantitative estimate of drug-likeness (QED) is 0.851. The van der Waals surface area contributed by atoms with Crippen molar-refractivity contribution in [2.75, 3.05) is 19.8 Å². The molecular weight excluding hydrogens is 304 g/mol. The summed E-state index contributed by atoms with van der Waals surface area (Å²) >= 11 is 0. The molecule has 0 saturated carbocycles. The Morgan fingerprint density at radius 1 is 1.29 bits per heavy atom. The van der Waals surface area contributed by atoms with Gasteiger partial charge < -0.3 is 15.2 Å². The molecule has 2 aromatic rings. The highest BCUT2D eigenvalue weighted by Gasteiger charge is 2.27. The molecular formula is C19H22N2O3. The van der Waals surface area contributed by atoms with Gasteiger partial charge in [-0.05, 0) is 31.0 Å². The molecule has 1 aliphatic heterocycles. The van der Waals surface area contributed by atoms with Crippen LogP contribution in [0.3, 0.4) is 0 Å². The lowest BCUT2D eigenvalue weighted by atomic mass is 9.92. The predicted octanol–water partition coefficient (Wildman–Crippen LogP) is 1.92. The van der Waals surface area contributed by atoms with E-state index < -0.39 is 0 Å². The Bertz CT molecular complexity index is 675. The molecule has 1 aliphatic rings. The Balaban J connectivity index is 1.59. The van der Waals surface area contributed by atoms with Gasteiger partial charge in [-0.25, -0.2) is 0 Å². The van der Waals surface area contributed by atoms with Crippen molar-refractivity contribution in [1.82, 2.24) is 10.3 Å². The average molecular weight is 326 g/mol. The summed E-state index contributed by atoms with van der Waals surface area (Å²) in [5.74, 6) is 0.546. The minimum Gasteiger partial charge on any atom is -0.493 e. The van der Waals surface area contributed by atoms with Crippen LogP contribution in [0.5, 0.6) is 5.75 Å². The first-order valence-electron chi connectivity index (χ1n) is 8.28. The van der Waals surface area contributed by atoms with Crippen molar-refractivity contribution in [2.45, 2.75) is 18.8 Å². The molecule has 2 N–H and O–H groups in total. The van der Waals surface area contributed by atoms with E-state index in [0.717, 1.165) is 17.0 Å². The Hall–Kier alpha value is -2.40. The van der Waals surface area contributed by atoms with Gasteiger partial charge in [-0.1, -0.05) is 24.3 Å². The van der Waals surface area contributed by atoms with Crippen LogP contribution in [0, 0.1) is 5.92 Å². The van der Waals surface area contributed by atoms with Gasteiger partial charge in [0.1, 0.15) is 5.75 Å². The summed E-state index contributed by atoms with van der Waals surface area (Å²) in [7, 11) is 0. The summed E-state index contributed by atoms with van der Waals surface area (Å²) in [4.78, 5) is 16.8. The summed E-state index contributed by atoms with van der Waals surface area (Å²) < 4.78 is 5.60. The van der Waals surface area contributed by atoms with E-state index in [4.69, 9.17) is 4.74 Å². The molecule has 2 atom stereocenters. The third kappa shape index (κ3) is 3.92. The molecule has 126 valence electrons. The first-order chi connectivity index (χ1) is 11.8. The SMILES string of the molecule is O=C(NCC(CO)Cc1ccccn1)C1CCOc2ccccc21. The molecule has 2 unspecified atom stereocenters. The van der Waals surface area contributed by atoms with Gasteiger partial charge in [-0.15, -0.1) is 0 Å². The van der Waals surface area contributed by atoms with Crippen molar-refractivity contribution >= 4 is 5.91 Å². The van der Waals surface area contributed by atoms with Crippen LogP contribution < -0.4 is 10.1 Å². The van der Waals surface area contributed by atoms with E-state index in [9.17, 15) is 9.90 Å². The molecule has 5 heteroatoms. The Kier molecular flexibility index (Phi) is 5.43. The van der Waals surface area contributed by atoms with Crippen LogP contribution in [-0.2, 0) is 11.2 Å². The molecule has 2 heterocycles. The zero-order chi connectivity index (χ0) is 16.8. The number of hydrogen-bond acceptors (Lipinski definition) is 4. The monoisotopic (exact) mass is 326 g/mol. The lowest BCUT2D eigenvalue weighted by Gasteiger charge is -2.25. The summed E-state index contributed by atoms with van der Waals surface area (Å²) in [5.41, 5.74) is 1.86. The molecule has 0 radical (unpaired) electrons. The number of carbonyl (C=O) groups is 1. The number of hydrogen-bond donors (Lipinski definition) is 2. The van der Waals surface area contributed by atoms with Crippen LogP contribution in [0.25, 0.3) is 0 Å². The number of aliphatic hydroxyl groups is 1. The number of carbonyl (C=O) groups excluding carboxylic acids is 1. The number of aliphatic hydroxyl groups excluding tert-OH is 1. The van der Waals surface area contributed by atoms with Gasteiger partial charge in [0.25, 0.3) is 0 Å². The Labute approximate surface area is 141 Å². The number of rotatable bonds is 6. The van der Waals surface area contributed by atoms with Crippen LogP contribution in [0.2, 0.25) is 0 Å². The Morgan fingerprint density at radius 2 is 2.12 bits per heavy atom. The first kappa shape index (κ1) is 16.5. The Morgan fingerprint density at radius 3 is 2.92 bits per heavy atom. The number of aromatic nitrogens is 1. The molecule has 3 rings (SSSR count). The van der Waals surface area contributed by atoms with Gasteiger partial charge in [0.15, 0.2) is 0 Å². The maximum absolute atomic E-state index is 12.6. The summed E-state index contributed by atoms with van der Waals surface area (Å²) in [6, 6.07) is 13.4. The maximum atomic E-state index is 12.6. The van der Waals surface area contributed by atoms with Crippen LogP contribution in [-0.4, -0.2) is 35.8 Å². The van der Waals surface area contributed by atoms with E-state index in [1.165, 1.54) is 0 Å². The van der Waals surface area contributed by atoms with Crippen LogP contribution in [0.15, 0.2) is 48.7 Å². The van der Waals surface area contributed by atoms with Gasteiger partial charge in [0.05, 0.1) is 12.5 Å². The topological polar surface area (TPSA) is 71.5 Å². The lowest BCUT2D eigenvalue weighted by Crippen LogP contribution is -2.36. The summed E-state index contributed by atoms with van der Waals surface area (Å²) in [5, 5.41) is 12.6. The van der Waals surface area contributed by atoms with Crippen molar-refractivity contribution < 1.29 is 14.6 Å². The van der Waals surface area contributed by atoms with Crippen molar-refractivity contribution in [3.63, 3.8) is 0 Å². The second-order valence-corrected chi connectivity index (χ2v) is 6.05. The smallest absolute Gasteiger partial charge is 0.227 e. The van der Waals surface area contributed by atoms with E-state index in [1.54, 1.807) is 6.20 Å². The van der Waals surface area contributed by atoms with Gasteiger partial charge in [0, 0.05) is 36.5 Å². The van der Waals surface area contributed by atoms with E-state index >= 15 is 0 Å². The zero-order valence-electron chi connectivity index (χ0n) is 13.5. The summed E-state index contributed by atoms with van der Waals surface area (Å²) in [6.45, 7) is 0.999. The minimum atomic E-state index is -0.191.